The van der Waals surface area contributed by atoms with Gasteiger partial charge < -0.3 is 9.88 Å². The average Bonchev–Trinajstić information content (AvgIpc) is 3.27. The fraction of sp³-hybridized carbons (Fsp3) is 0.0938. The standard InChI is InChI=1S/C32H25N3/c1-2-11-22(12-3-1)31-27-17-4-7-18-28(27)33-32(34-31)23-13-10-14-24(21-23)35-29-19-8-5-15-25(29)26-16-6-9-20-30(26)35/h1-11,13-22,32,34H,12H2/t22-,32?/m0/s1. The number of para-hydroxylation sites is 3. The zero-order valence-corrected chi connectivity index (χ0v) is 19.3. The van der Waals surface area contributed by atoms with Gasteiger partial charge in [0.2, 0.25) is 0 Å². The highest BCUT2D eigenvalue weighted by Gasteiger charge is 2.22. The molecule has 0 bridgehead atoms. The van der Waals surface area contributed by atoms with Crippen molar-refractivity contribution < 1.29 is 0 Å². The number of rotatable bonds is 3. The molecule has 1 aliphatic heterocycles. The van der Waals surface area contributed by atoms with Crippen molar-refractivity contribution in [2.24, 2.45) is 10.9 Å². The van der Waals surface area contributed by atoms with Crippen LogP contribution in [0.1, 0.15) is 18.2 Å². The van der Waals surface area contributed by atoms with E-state index in [-0.39, 0.29) is 6.17 Å². The molecule has 0 saturated carbocycles. The third-order valence-corrected chi connectivity index (χ3v) is 7.13. The molecule has 35 heavy (non-hydrogen) atoms. The van der Waals surface area contributed by atoms with Crippen LogP contribution in [0.4, 0.5) is 0 Å². The van der Waals surface area contributed by atoms with E-state index in [0.29, 0.717) is 5.92 Å². The van der Waals surface area contributed by atoms with E-state index in [2.05, 4.69) is 131 Å². The number of hydrogen-bond acceptors (Lipinski definition) is 2. The summed E-state index contributed by atoms with van der Waals surface area (Å²) in [6.45, 7) is 0. The average molecular weight is 452 g/mol. The molecule has 1 aliphatic carbocycles. The lowest BCUT2D eigenvalue weighted by atomic mass is 9.94. The molecule has 3 heteroatoms. The van der Waals surface area contributed by atoms with Crippen LogP contribution in [0.2, 0.25) is 0 Å². The molecule has 0 amide bonds. The smallest absolute Gasteiger partial charge is 0.145 e. The highest BCUT2D eigenvalue weighted by atomic mass is 15.1. The van der Waals surface area contributed by atoms with E-state index in [9.17, 15) is 0 Å². The summed E-state index contributed by atoms with van der Waals surface area (Å²) in [6, 6.07) is 34.6. The van der Waals surface area contributed by atoms with Crippen molar-refractivity contribution >= 4 is 27.5 Å². The first-order chi connectivity index (χ1) is 17.4. The van der Waals surface area contributed by atoms with E-state index in [1.807, 2.05) is 0 Å². The van der Waals surface area contributed by atoms with Gasteiger partial charge in [-0.15, -0.1) is 0 Å². The molecule has 2 heterocycles. The molecule has 0 saturated heterocycles. The summed E-state index contributed by atoms with van der Waals surface area (Å²) in [5.74, 6) is 0.333. The van der Waals surface area contributed by atoms with E-state index in [0.717, 1.165) is 23.0 Å². The molecule has 4 aromatic carbocycles. The van der Waals surface area contributed by atoms with Gasteiger partial charge >= 0.3 is 0 Å². The largest absolute Gasteiger partial charge is 0.362 e. The highest BCUT2D eigenvalue weighted by Crippen LogP contribution is 2.33. The van der Waals surface area contributed by atoms with Crippen molar-refractivity contribution in [1.82, 2.24) is 9.88 Å². The summed E-state index contributed by atoms with van der Waals surface area (Å²) in [5, 5.41) is 8.60. The third-order valence-electron chi connectivity index (χ3n) is 7.13. The van der Waals surface area contributed by atoms with Gasteiger partial charge in [0.05, 0.1) is 16.4 Å². The molecule has 2 atom stereocenters. The maximum atomic E-state index is 5.12. The van der Waals surface area contributed by atoms with Crippen LogP contribution in [0, 0.1) is 5.92 Å². The summed E-state index contributed by atoms with van der Waals surface area (Å²) in [5.41, 5.74) is 6.00. The minimum atomic E-state index is -0.132. The van der Waals surface area contributed by atoms with Crippen LogP contribution >= 0.6 is 0 Å². The first-order valence-electron chi connectivity index (χ1n) is 12.2. The van der Waals surface area contributed by atoms with Gasteiger partial charge in [-0.25, -0.2) is 0 Å². The first kappa shape index (κ1) is 20.0. The van der Waals surface area contributed by atoms with Crippen LogP contribution in [0.5, 0.6) is 0 Å². The maximum absolute atomic E-state index is 5.12. The second-order valence-corrected chi connectivity index (χ2v) is 9.23. The Labute approximate surface area is 204 Å². The normalized spacial score (nSPS) is 18.9. The van der Waals surface area contributed by atoms with Gasteiger partial charge in [0.15, 0.2) is 0 Å². The fourth-order valence-electron chi connectivity index (χ4n) is 5.50. The molecule has 1 aromatic heterocycles. The van der Waals surface area contributed by atoms with E-state index in [4.69, 9.17) is 4.99 Å². The van der Waals surface area contributed by atoms with Crippen molar-refractivity contribution in [3.8, 4) is 5.69 Å². The molecule has 2 aliphatic rings. The molecule has 0 radical (unpaired) electrons. The first-order valence-corrected chi connectivity index (χ1v) is 12.2. The lowest BCUT2D eigenvalue weighted by Gasteiger charge is -2.27. The van der Waals surface area contributed by atoms with Gasteiger partial charge in [-0.05, 0) is 42.3 Å². The number of allylic oxidation sites excluding steroid dienone is 3. The summed E-state index contributed by atoms with van der Waals surface area (Å²) in [7, 11) is 0. The number of aromatic nitrogens is 1. The molecular weight excluding hydrogens is 426 g/mol. The number of nitrogens with zero attached hydrogens (tertiary/aromatic N) is 2. The highest BCUT2D eigenvalue weighted by molar-refractivity contribution is 6.09. The Kier molecular flexibility index (Phi) is 4.66. The molecule has 3 nitrogen and oxygen atoms in total. The minimum Gasteiger partial charge on any atom is -0.362 e. The van der Waals surface area contributed by atoms with Gasteiger partial charge in [0.1, 0.15) is 6.17 Å². The molecule has 168 valence electrons. The molecular formula is C32H25N3. The third kappa shape index (κ3) is 3.31. The second kappa shape index (κ2) is 8.14. The van der Waals surface area contributed by atoms with Crippen molar-refractivity contribution in [3.63, 3.8) is 0 Å². The zero-order chi connectivity index (χ0) is 23.2. The predicted octanol–water partition coefficient (Wildman–Crippen LogP) is 5.95. The Balaban J connectivity index is 1.37. The molecule has 1 N–H and O–H groups in total. The number of nitrogens with one attached hydrogen (secondary N) is 1. The van der Waals surface area contributed by atoms with Crippen LogP contribution in [-0.2, 0) is 0 Å². The quantitative estimate of drug-likeness (QED) is 0.361. The van der Waals surface area contributed by atoms with Gasteiger partial charge in [0, 0.05) is 33.3 Å². The van der Waals surface area contributed by atoms with Crippen LogP contribution in [0.3, 0.4) is 0 Å². The summed E-state index contributed by atoms with van der Waals surface area (Å²) < 4.78 is 2.37. The van der Waals surface area contributed by atoms with Crippen molar-refractivity contribution in [3.05, 3.63) is 138 Å². The summed E-state index contributed by atoms with van der Waals surface area (Å²) >= 11 is 0. The lowest BCUT2D eigenvalue weighted by Crippen LogP contribution is -2.41. The minimum absolute atomic E-state index is 0.132. The monoisotopic (exact) mass is 451 g/mol. The Morgan fingerprint density at radius 2 is 1.49 bits per heavy atom. The summed E-state index contributed by atoms with van der Waals surface area (Å²) in [6.07, 6.45) is 9.67. The maximum Gasteiger partial charge on any atom is 0.145 e. The van der Waals surface area contributed by atoms with E-state index in [1.165, 1.54) is 32.7 Å². The number of hydrogen-bond donors (Lipinski definition) is 1. The number of fused-ring (bicyclic) bond motifs is 4. The zero-order valence-electron chi connectivity index (χ0n) is 19.3. The SMILES string of the molecule is C1=CC[C@@H](C2=c3ccccc3=NC(c3cccc(-n4c5ccccc5c5ccccc54)c3)N2)C=C1. The van der Waals surface area contributed by atoms with Crippen LogP contribution in [-0.4, -0.2) is 4.57 Å². The number of benzene rings is 4. The fourth-order valence-corrected chi connectivity index (χ4v) is 5.50. The van der Waals surface area contributed by atoms with Crippen LogP contribution in [0.25, 0.3) is 33.2 Å². The van der Waals surface area contributed by atoms with Crippen molar-refractivity contribution in [2.75, 3.05) is 0 Å². The Morgan fingerprint density at radius 3 is 2.26 bits per heavy atom. The van der Waals surface area contributed by atoms with Crippen LogP contribution < -0.4 is 15.9 Å². The van der Waals surface area contributed by atoms with E-state index >= 15 is 0 Å². The Bertz CT molecular complexity index is 1720. The van der Waals surface area contributed by atoms with E-state index < -0.39 is 0 Å². The van der Waals surface area contributed by atoms with Crippen molar-refractivity contribution in [1.29, 1.82) is 0 Å². The molecule has 7 rings (SSSR count). The molecule has 0 fully saturated rings. The molecule has 5 aromatic rings. The van der Waals surface area contributed by atoms with Crippen molar-refractivity contribution in [2.45, 2.75) is 12.6 Å². The Hall–Kier alpha value is -4.37. The second-order valence-electron chi connectivity index (χ2n) is 9.23. The lowest BCUT2D eigenvalue weighted by molar-refractivity contribution is 0.595. The van der Waals surface area contributed by atoms with Gasteiger partial charge in [0.25, 0.3) is 0 Å². The summed E-state index contributed by atoms with van der Waals surface area (Å²) in [4.78, 5) is 5.12. The van der Waals surface area contributed by atoms with E-state index in [1.54, 1.807) is 0 Å². The molecule has 1 unspecified atom stereocenters. The predicted molar refractivity (Wildman–Crippen MR) is 144 cm³/mol. The van der Waals surface area contributed by atoms with Gasteiger partial charge in [-0.1, -0.05) is 91.0 Å². The van der Waals surface area contributed by atoms with Gasteiger partial charge in [-0.2, -0.15) is 0 Å². The Morgan fingerprint density at radius 1 is 0.743 bits per heavy atom. The van der Waals surface area contributed by atoms with Gasteiger partial charge in [-0.3, -0.25) is 4.99 Å². The topological polar surface area (TPSA) is 29.3 Å². The van der Waals surface area contributed by atoms with Crippen LogP contribution in [0.15, 0.2) is 126 Å². The molecule has 0 spiro atoms.